The summed E-state index contributed by atoms with van der Waals surface area (Å²) in [4.78, 5) is 0. The number of hydrogen-bond acceptors (Lipinski definition) is 4. The van der Waals surface area contributed by atoms with E-state index in [1.165, 1.54) is 0 Å². The molecule has 1 heterocycles. The number of ether oxygens (including phenoxy) is 1. The highest BCUT2D eigenvalue weighted by molar-refractivity contribution is 5.64. The molecule has 0 aliphatic rings. The molecule has 5 nitrogen and oxygen atoms in total. The monoisotopic (exact) mass is 212 g/mol. The summed E-state index contributed by atoms with van der Waals surface area (Å²) in [5.41, 5.74) is 7.72. The van der Waals surface area contributed by atoms with Crippen molar-refractivity contribution >= 4 is 11.5 Å². The second-order valence-electron chi connectivity index (χ2n) is 3.50. The van der Waals surface area contributed by atoms with Crippen LogP contribution in [0.2, 0.25) is 0 Å². The van der Waals surface area contributed by atoms with E-state index in [0.29, 0.717) is 6.61 Å². The fourth-order valence-electron chi connectivity index (χ4n) is 1.50. The molecule has 15 heavy (non-hydrogen) atoms. The lowest BCUT2D eigenvalue weighted by Gasteiger charge is -2.06. The number of nitrogens with two attached hydrogens (primary N) is 1. The number of aromatic nitrogens is 2. The van der Waals surface area contributed by atoms with Crippen LogP contribution < -0.4 is 11.1 Å². The van der Waals surface area contributed by atoms with E-state index in [2.05, 4.69) is 17.3 Å². The van der Waals surface area contributed by atoms with E-state index in [9.17, 15) is 0 Å². The third-order valence-electron chi connectivity index (χ3n) is 2.25. The first-order valence-electron chi connectivity index (χ1n) is 5.24. The molecule has 0 amide bonds. The van der Waals surface area contributed by atoms with E-state index in [1.807, 2.05) is 7.05 Å². The van der Waals surface area contributed by atoms with Crippen molar-refractivity contribution in [2.24, 2.45) is 7.05 Å². The topological polar surface area (TPSA) is 65.1 Å². The normalized spacial score (nSPS) is 10.6. The average molecular weight is 212 g/mol. The van der Waals surface area contributed by atoms with Crippen LogP contribution >= 0.6 is 0 Å². The van der Waals surface area contributed by atoms with Gasteiger partial charge in [0.05, 0.1) is 18.0 Å². The molecule has 0 aromatic carbocycles. The Balaban J connectivity index is 2.69. The number of nitrogens with zero attached hydrogens (tertiary/aromatic N) is 2. The first-order chi connectivity index (χ1) is 7.20. The second-order valence-corrected chi connectivity index (χ2v) is 3.50. The number of hydrogen-bond donors (Lipinski definition) is 2. The molecule has 1 aromatic rings. The van der Waals surface area contributed by atoms with E-state index in [1.54, 1.807) is 11.8 Å². The molecule has 0 saturated carbocycles. The van der Waals surface area contributed by atoms with Gasteiger partial charge in [0.25, 0.3) is 0 Å². The van der Waals surface area contributed by atoms with Crippen molar-refractivity contribution in [1.29, 1.82) is 0 Å². The molecule has 1 aromatic heterocycles. The van der Waals surface area contributed by atoms with Crippen LogP contribution in [-0.2, 0) is 18.2 Å². The highest BCUT2D eigenvalue weighted by Crippen LogP contribution is 2.22. The number of rotatable bonds is 6. The van der Waals surface area contributed by atoms with Gasteiger partial charge in [-0.05, 0) is 6.42 Å². The minimum absolute atomic E-state index is 0.660. The van der Waals surface area contributed by atoms with Gasteiger partial charge >= 0.3 is 0 Å². The predicted octanol–water partition coefficient (Wildman–Crippen LogP) is 1.01. The lowest BCUT2D eigenvalue weighted by atomic mass is 10.2. The Morgan fingerprint density at radius 3 is 2.87 bits per heavy atom. The van der Waals surface area contributed by atoms with Crippen LogP contribution in [0.5, 0.6) is 0 Å². The van der Waals surface area contributed by atoms with Crippen molar-refractivity contribution in [3.63, 3.8) is 0 Å². The number of aryl methyl sites for hydroxylation is 2. The van der Waals surface area contributed by atoms with E-state index in [-0.39, 0.29) is 0 Å². The summed E-state index contributed by atoms with van der Waals surface area (Å²) in [6.45, 7) is 3.52. The van der Waals surface area contributed by atoms with E-state index in [0.717, 1.165) is 36.6 Å². The second kappa shape index (κ2) is 5.60. The Kier molecular flexibility index (Phi) is 4.42. The summed E-state index contributed by atoms with van der Waals surface area (Å²) >= 11 is 0. The van der Waals surface area contributed by atoms with Crippen LogP contribution in [0.1, 0.15) is 19.0 Å². The maximum atomic E-state index is 5.99. The number of nitrogen functional groups attached to an aromatic ring is 1. The molecular formula is C10H20N4O. The smallest absolute Gasteiger partial charge is 0.147 e. The Morgan fingerprint density at radius 2 is 2.27 bits per heavy atom. The minimum atomic E-state index is 0.660. The standard InChI is InChI=1S/C10H20N4O/c1-4-5-8-9(11)10(14(2)13-8)12-6-7-15-3/h12H,4-7,11H2,1-3H3. The first-order valence-corrected chi connectivity index (χ1v) is 5.24. The molecule has 0 saturated heterocycles. The summed E-state index contributed by atoms with van der Waals surface area (Å²) in [5.74, 6) is 0.885. The van der Waals surface area contributed by atoms with Gasteiger partial charge in [-0.15, -0.1) is 0 Å². The quantitative estimate of drug-likeness (QED) is 0.691. The highest BCUT2D eigenvalue weighted by Gasteiger charge is 2.11. The third kappa shape index (κ3) is 2.86. The van der Waals surface area contributed by atoms with Crippen molar-refractivity contribution in [1.82, 2.24) is 9.78 Å². The van der Waals surface area contributed by atoms with Crippen LogP contribution in [0.4, 0.5) is 11.5 Å². The molecule has 0 radical (unpaired) electrons. The fraction of sp³-hybridized carbons (Fsp3) is 0.700. The fourth-order valence-corrected chi connectivity index (χ4v) is 1.50. The molecule has 0 spiro atoms. The highest BCUT2D eigenvalue weighted by atomic mass is 16.5. The third-order valence-corrected chi connectivity index (χ3v) is 2.25. The molecule has 0 atom stereocenters. The number of nitrogens with one attached hydrogen (secondary N) is 1. The van der Waals surface area contributed by atoms with Gasteiger partial charge in [-0.25, -0.2) is 0 Å². The lowest BCUT2D eigenvalue weighted by Crippen LogP contribution is -2.11. The molecule has 5 heteroatoms. The van der Waals surface area contributed by atoms with E-state index >= 15 is 0 Å². The molecular weight excluding hydrogens is 192 g/mol. The van der Waals surface area contributed by atoms with Crippen LogP contribution in [0.15, 0.2) is 0 Å². The van der Waals surface area contributed by atoms with Crippen LogP contribution in [0, 0.1) is 0 Å². The maximum Gasteiger partial charge on any atom is 0.147 e. The van der Waals surface area contributed by atoms with E-state index < -0.39 is 0 Å². The van der Waals surface area contributed by atoms with Crippen molar-refractivity contribution in [3.8, 4) is 0 Å². The molecule has 0 unspecified atom stereocenters. The van der Waals surface area contributed by atoms with Crippen LogP contribution in [0.3, 0.4) is 0 Å². The Labute approximate surface area is 90.6 Å². The lowest BCUT2D eigenvalue weighted by molar-refractivity contribution is 0.210. The summed E-state index contributed by atoms with van der Waals surface area (Å²) in [6, 6.07) is 0. The Bertz CT molecular complexity index is 309. The zero-order chi connectivity index (χ0) is 11.3. The molecule has 0 fully saturated rings. The van der Waals surface area contributed by atoms with Crippen molar-refractivity contribution in [2.75, 3.05) is 31.3 Å². The van der Waals surface area contributed by atoms with Gasteiger partial charge in [-0.1, -0.05) is 13.3 Å². The summed E-state index contributed by atoms with van der Waals surface area (Å²) < 4.78 is 6.75. The van der Waals surface area contributed by atoms with Crippen molar-refractivity contribution in [2.45, 2.75) is 19.8 Å². The van der Waals surface area contributed by atoms with Gasteiger partial charge in [-0.3, -0.25) is 4.68 Å². The molecule has 1 rings (SSSR count). The summed E-state index contributed by atoms with van der Waals surface area (Å²) in [7, 11) is 3.57. The zero-order valence-corrected chi connectivity index (χ0v) is 9.71. The van der Waals surface area contributed by atoms with Gasteiger partial charge in [0.2, 0.25) is 0 Å². The number of anilines is 2. The minimum Gasteiger partial charge on any atom is -0.394 e. The van der Waals surface area contributed by atoms with E-state index in [4.69, 9.17) is 10.5 Å². The van der Waals surface area contributed by atoms with Gasteiger partial charge in [-0.2, -0.15) is 5.10 Å². The largest absolute Gasteiger partial charge is 0.394 e. The van der Waals surface area contributed by atoms with Gasteiger partial charge in [0.15, 0.2) is 0 Å². The average Bonchev–Trinajstić information content (AvgIpc) is 2.46. The zero-order valence-electron chi connectivity index (χ0n) is 9.71. The Morgan fingerprint density at radius 1 is 1.53 bits per heavy atom. The first kappa shape index (κ1) is 11.8. The Hall–Kier alpha value is -1.23. The predicted molar refractivity (Wildman–Crippen MR) is 62.0 cm³/mol. The molecule has 0 bridgehead atoms. The molecule has 86 valence electrons. The molecule has 3 N–H and O–H groups in total. The van der Waals surface area contributed by atoms with Crippen LogP contribution in [-0.4, -0.2) is 30.0 Å². The van der Waals surface area contributed by atoms with Gasteiger partial charge in [0, 0.05) is 20.7 Å². The molecule has 0 aliphatic carbocycles. The number of methoxy groups -OCH3 is 1. The summed E-state index contributed by atoms with van der Waals surface area (Å²) in [6.07, 6.45) is 1.98. The van der Waals surface area contributed by atoms with Crippen molar-refractivity contribution < 1.29 is 4.74 Å². The van der Waals surface area contributed by atoms with Crippen molar-refractivity contribution in [3.05, 3.63) is 5.69 Å². The van der Waals surface area contributed by atoms with Gasteiger partial charge in [0.1, 0.15) is 5.82 Å². The SMILES string of the molecule is CCCc1nn(C)c(NCCOC)c1N. The summed E-state index contributed by atoms with van der Waals surface area (Å²) in [5, 5.41) is 7.58. The van der Waals surface area contributed by atoms with Crippen LogP contribution in [0.25, 0.3) is 0 Å². The van der Waals surface area contributed by atoms with Gasteiger partial charge < -0.3 is 15.8 Å². The molecule has 0 aliphatic heterocycles. The maximum absolute atomic E-state index is 5.99.